The molecule has 0 fully saturated rings. The van der Waals surface area contributed by atoms with Gasteiger partial charge in [-0.05, 0) is 24.3 Å². The van der Waals surface area contributed by atoms with Gasteiger partial charge >= 0.3 is 0 Å². The molecule has 0 saturated heterocycles. The van der Waals surface area contributed by atoms with Crippen molar-refractivity contribution in [1.82, 2.24) is 0 Å². The predicted octanol–water partition coefficient (Wildman–Crippen LogP) is 2.00. The van der Waals surface area contributed by atoms with Crippen LogP contribution in [0.1, 0.15) is 0 Å². The van der Waals surface area contributed by atoms with E-state index >= 15 is 0 Å². The van der Waals surface area contributed by atoms with Crippen molar-refractivity contribution in [3.05, 3.63) is 36.8 Å². The second kappa shape index (κ2) is 2.60. The molecule has 0 N–H and O–H groups in total. The number of sulfone groups is 1. The van der Waals surface area contributed by atoms with Crippen LogP contribution in [0.4, 0.5) is 0 Å². The van der Waals surface area contributed by atoms with Gasteiger partial charge in [-0.25, -0.2) is 8.42 Å². The summed E-state index contributed by atoms with van der Waals surface area (Å²) in [5, 5.41) is 0.768. The molecular weight excluding hydrogens is 188 g/mol. The van der Waals surface area contributed by atoms with E-state index in [1.165, 1.54) is 12.3 Å². The van der Waals surface area contributed by atoms with E-state index in [1.54, 1.807) is 18.2 Å². The monoisotopic (exact) mass is 195 g/mol. The van der Waals surface area contributed by atoms with E-state index in [0.717, 1.165) is 5.39 Å². The highest BCUT2D eigenvalue weighted by atomic mass is 32.2. The first-order valence-electron chi connectivity index (χ1n) is 3.63. The van der Waals surface area contributed by atoms with Crippen LogP contribution in [0.2, 0.25) is 0 Å². The third kappa shape index (κ3) is 1.45. The van der Waals surface area contributed by atoms with Crippen LogP contribution in [0.5, 0.6) is 0 Å². The molecule has 0 spiro atoms. The van der Waals surface area contributed by atoms with Crippen molar-refractivity contribution in [2.75, 3.05) is 0 Å². The highest BCUT2D eigenvalue weighted by Gasteiger charge is 2.08. The Balaban J connectivity index is 2.75. The maximum Gasteiger partial charge on any atom is 0.179 e. The van der Waals surface area contributed by atoms with Gasteiger partial charge in [-0.2, -0.15) is 0 Å². The predicted molar refractivity (Wildman–Crippen MR) is 48.8 cm³/mol. The molecule has 3 nitrogen and oxygen atoms in total. The van der Waals surface area contributed by atoms with E-state index in [2.05, 4.69) is 6.26 Å². The Morgan fingerprint density at radius 3 is 2.69 bits per heavy atom. The molecule has 0 aliphatic rings. The molecule has 13 heavy (non-hydrogen) atoms. The first-order chi connectivity index (χ1) is 6.07. The van der Waals surface area contributed by atoms with Crippen LogP contribution in [0, 0.1) is 6.26 Å². The summed E-state index contributed by atoms with van der Waals surface area (Å²) < 4.78 is 27.2. The van der Waals surface area contributed by atoms with Gasteiger partial charge in [0.25, 0.3) is 0 Å². The van der Waals surface area contributed by atoms with Crippen molar-refractivity contribution in [2.24, 2.45) is 0 Å². The molecule has 1 heterocycles. The van der Waals surface area contributed by atoms with E-state index in [0.29, 0.717) is 5.58 Å². The molecule has 67 valence electrons. The molecule has 4 heteroatoms. The Labute approximate surface area is 75.9 Å². The summed E-state index contributed by atoms with van der Waals surface area (Å²) in [5.41, 5.74) is 0.674. The van der Waals surface area contributed by atoms with Crippen LogP contribution in [0.3, 0.4) is 0 Å². The standard InChI is InChI=1S/C9H7O3S/c1-13(10,11)8-2-3-9-7(6-8)4-5-12-9/h2-6H,1H2. The highest BCUT2D eigenvalue weighted by Crippen LogP contribution is 2.19. The third-order valence-electron chi connectivity index (χ3n) is 1.78. The lowest BCUT2D eigenvalue weighted by atomic mass is 10.3. The normalized spacial score (nSPS) is 12.1. The van der Waals surface area contributed by atoms with Gasteiger partial charge in [0.1, 0.15) is 5.58 Å². The van der Waals surface area contributed by atoms with Gasteiger partial charge in [0.15, 0.2) is 9.84 Å². The summed E-state index contributed by atoms with van der Waals surface area (Å²) in [4.78, 5) is 0.210. The van der Waals surface area contributed by atoms with E-state index in [9.17, 15) is 8.42 Å². The Hall–Kier alpha value is -1.29. The average molecular weight is 195 g/mol. The molecule has 0 unspecified atom stereocenters. The van der Waals surface area contributed by atoms with Gasteiger partial charge < -0.3 is 4.42 Å². The van der Waals surface area contributed by atoms with Gasteiger partial charge in [-0.3, -0.25) is 0 Å². The van der Waals surface area contributed by atoms with Crippen molar-refractivity contribution in [1.29, 1.82) is 0 Å². The molecule has 0 amide bonds. The molecule has 1 radical (unpaired) electrons. The minimum Gasteiger partial charge on any atom is -0.464 e. The second-order valence-corrected chi connectivity index (χ2v) is 4.44. The van der Waals surface area contributed by atoms with E-state index in [-0.39, 0.29) is 4.90 Å². The van der Waals surface area contributed by atoms with Crippen LogP contribution >= 0.6 is 0 Å². The average Bonchev–Trinajstić information content (AvgIpc) is 2.47. The van der Waals surface area contributed by atoms with Crippen molar-refractivity contribution in [3.63, 3.8) is 0 Å². The molecule has 2 rings (SSSR count). The van der Waals surface area contributed by atoms with Crippen molar-refractivity contribution < 1.29 is 12.8 Å². The molecule has 1 aromatic heterocycles. The van der Waals surface area contributed by atoms with Crippen molar-refractivity contribution in [3.8, 4) is 0 Å². The minimum absolute atomic E-state index is 0.210. The maximum atomic E-state index is 11.1. The van der Waals surface area contributed by atoms with Crippen LogP contribution in [0.25, 0.3) is 11.0 Å². The molecule has 0 bridgehead atoms. The largest absolute Gasteiger partial charge is 0.464 e. The van der Waals surface area contributed by atoms with Gasteiger partial charge in [0.05, 0.1) is 17.4 Å². The number of hydrogen-bond acceptors (Lipinski definition) is 3. The zero-order valence-electron chi connectivity index (χ0n) is 6.73. The lowest BCUT2D eigenvalue weighted by Crippen LogP contribution is -1.92. The fraction of sp³-hybridized carbons (Fsp3) is 0. The molecule has 2 aromatic rings. The van der Waals surface area contributed by atoms with E-state index in [1.807, 2.05) is 0 Å². The summed E-state index contributed by atoms with van der Waals surface area (Å²) in [6.45, 7) is 0. The minimum atomic E-state index is -3.36. The molecule has 0 aliphatic carbocycles. The van der Waals surface area contributed by atoms with Crippen molar-refractivity contribution in [2.45, 2.75) is 4.90 Å². The zero-order chi connectivity index (χ0) is 9.47. The van der Waals surface area contributed by atoms with Crippen molar-refractivity contribution >= 4 is 20.8 Å². The molecule has 0 aliphatic heterocycles. The lowest BCUT2D eigenvalue weighted by molar-refractivity contribution is 0.604. The van der Waals surface area contributed by atoms with Gasteiger partial charge in [0.2, 0.25) is 0 Å². The number of fused-ring (bicyclic) bond motifs is 1. The smallest absolute Gasteiger partial charge is 0.179 e. The summed E-state index contributed by atoms with van der Waals surface area (Å²) in [6.07, 6.45) is 4.59. The number of benzene rings is 1. The number of hydrogen-bond donors (Lipinski definition) is 0. The molecule has 1 aromatic carbocycles. The molecular formula is C9H7O3S. The molecule has 0 saturated carbocycles. The van der Waals surface area contributed by atoms with Crippen LogP contribution in [-0.2, 0) is 9.84 Å². The fourth-order valence-corrected chi connectivity index (χ4v) is 1.72. The Morgan fingerprint density at radius 1 is 1.23 bits per heavy atom. The summed E-state index contributed by atoms with van der Waals surface area (Å²) in [6, 6.07) is 6.35. The highest BCUT2D eigenvalue weighted by molar-refractivity contribution is 7.92. The van der Waals surface area contributed by atoms with Crippen LogP contribution < -0.4 is 0 Å². The van der Waals surface area contributed by atoms with E-state index in [4.69, 9.17) is 4.42 Å². The van der Waals surface area contributed by atoms with Gasteiger partial charge in [-0.15, -0.1) is 0 Å². The summed E-state index contributed by atoms with van der Waals surface area (Å²) >= 11 is 0. The van der Waals surface area contributed by atoms with Crippen LogP contribution in [0.15, 0.2) is 39.8 Å². The Kier molecular flexibility index (Phi) is 1.66. The topological polar surface area (TPSA) is 47.3 Å². The quantitative estimate of drug-likeness (QED) is 0.699. The van der Waals surface area contributed by atoms with E-state index < -0.39 is 9.84 Å². The Bertz CT molecular complexity index is 537. The van der Waals surface area contributed by atoms with Crippen LogP contribution in [-0.4, -0.2) is 8.42 Å². The third-order valence-corrected chi connectivity index (χ3v) is 2.76. The van der Waals surface area contributed by atoms with Gasteiger partial charge in [-0.1, -0.05) is 0 Å². The summed E-state index contributed by atoms with van der Waals surface area (Å²) in [5.74, 6) is 0. The Morgan fingerprint density at radius 2 is 2.00 bits per heavy atom. The first kappa shape index (κ1) is 8.31. The SMILES string of the molecule is [CH2]S(=O)(=O)c1ccc2occc2c1. The number of furan rings is 1. The second-order valence-electron chi connectivity index (χ2n) is 2.73. The number of rotatable bonds is 1. The first-order valence-corrected chi connectivity index (χ1v) is 5.28. The fourth-order valence-electron chi connectivity index (χ4n) is 1.14. The zero-order valence-corrected chi connectivity index (χ0v) is 7.54. The molecule has 0 atom stereocenters. The maximum absolute atomic E-state index is 11.1. The lowest BCUT2D eigenvalue weighted by Gasteiger charge is -1.96. The summed E-state index contributed by atoms with van der Waals surface area (Å²) in [7, 11) is -3.36. The van der Waals surface area contributed by atoms with Gasteiger partial charge in [0, 0.05) is 5.39 Å².